The molecule has 144 valence electrons. The molecule has 1 N–H and O–H groups in total. The van der Waals surface area contributed by atoms with Crippen molar-refractivity contribution >= 4 is 17.7 Å². The first-order valence-corrected chi connectivity index (χ1v) is 8.26. The summed E-state index contributed by atoms with van der Waals surface area (Å²) in [5.41, 5.74) is 0.289. The van der Waals surface area contributed by atoms with Crippen LogP contribution in [0.15, 0.2) is 24.3 Å². The summed E-state index contributed by atoms with van der Waals surface area (Å²) < 4.78 is 45.3. The molecule has 26 heavy (non-hydrogen) atoms. The van der Waals surface area contributed by atoms with Crippen LogP contribution in [0.3, 0.4) is 0 Å². The Morgan fingerprint density at radius 2 is 1.73 bits per heavy atom. The number of likely N-dealkylation sites (tertiary alicyclic amines) is 1. The summed E-state index contributed by atoms with van der Waals surface area (Å²) in [5.74, 6) is -0.368. The number of alkyl halides is 3. The smallest absolute Gasteiger partial charge is 0.446 e. The number of rotatable bonds is 4. The number of anilines is 1. The van der Waals surface area contributed by atoms with Gasteiger partial charge in [-0.1, -0.05) is 13.8 Å². The molecule has 0 aliphatic carbocycles. The summed E-state index contributed by atoms with van der Waals surface area (Å²) in [6.07, 6.45) is -4.67. The van der Waals surface area contributed by atoms with Gasteiger partial charge in [-0.05, 0) is 24.3 Å². The molecule has 9 heteroatoms. The number of halogens is 3. The minimum atomic E-state index is -4.76. The third kappa shape index (κ3) is 6.12. The molecule has 1 fully saturated rings. The molecule has 0 saturated carbocycles. The molecule has 1 heterocycles. The zero-order chi connectivity index (χ0) is 19.3. The van der Waals surface area contributed by atoms with Crippen molar-refractivity contribution in [2.75, 3.05) is 18.4 Å². The van der Waals surface area contributed by atoms with Crippen molar-refractivity contribution in [1.82, 2.24) is 4.90 Å². The standard InChI is InChI=1S/C17H21F3N2O4/c1-11(2)15(23)22-9-7-13(8-10-22)25-16(24)21-12-3-5-14(6-4-12)26-17(18,19)20/h3-6,11,13H,7-10H2,1-2H3,(H,21,24). The molecule has 0 radical (unpaired) electrons. The second-order valence-electron chi connectivity index (χ2n) is 6.28. The average molecular weight is 374 g/mol. The Kier molecular flexibility index (Phi) is 6.33. The zero-order valence-electron chi connectivity index (χ0n) is 14.5. The van der Waals surface area contributed by atoms with Crippen LogP contribution in [-0.2, 0) is 9.53 Å². The van der Waals surface area contributed by atoms with Crippen molar-refractivity contribution in [1.29, 1.82) is 0 Å². The van der Waals surface area contributed by atoms with E-state index in [-0.39, 0.29) is 29.4 Å². The van der Waals surface area contributed by atoms with Gasteiger partial charge in [0, 0.05) is 37.5 Å². The molecule has 1 aliphatic rings. The zero-order valence-corrected chi connectivity index (χ0v) is 14.5. The number of nitrogens with zero attached hydrogens (tertiary/aromatic N) is 1. The van der Waals surface area contributed by atoms with Gasteiger partial charge in [0.05, 0.1) is 0 Å². The molecule has 6 nitrogen and oxygen atoms in total. The Labute approximate surface area is 149 Å². The van der Waals surface area contributed by atoms with Crippen LogP contribution in [0.1, 0.15) is 26.7 Å². The van der Waals surface area contributed by atoms with Gasteiger partial charge in [0.15, 0.2) is 0 Å². The fraction of sp³-hybridized carbons (Fsp3) is 0.529. The number of piperidine rings is 1. The van der Waals surface area contributed by atoms with Gasteiger partial charge in [-0.25, -0.2) is 4.79 Å². The summed E-state index contributed by atoms with van der Waals surface area (Å²) in [5, 5.41) is 2.45. The number of ether oxygens (including phenoxy) is 2. The van der Waals surface area contributed by atoms with Crippen molar-refractivity contribution in [2.24, 2.45) is 5.92 Å². The van der Waals surface area contributed by atoms with Gasteiger partial charge in [0.2, 0.25) is 5.91 Å². The minimum absolute atomic E-state index is 0.0694. The van der Waals surface area contributed by atoms with E-state index in [0.717, 1.165) is 12.1 Å². The van der Waals surface area contributed by atoms with E-state index >= 15 is 0 Å². The number of carbonyl (C=O) groups excluding carboxylic acids is 2. The van der Waals surface area contributed by atoms with E-state index in [2.05, 4.69) is 10.1 Å². The molecule has 0 aromatic heterocycles. The van der Waals surface area contributed by atoms with Crippen LogP contribution in [0.25, 0.3) is 0 Å². The van der Waals surface area contributed by atoms with Gasteiger partial charge in [-0.2, -0.15) is 0 Å². The first kappa shape index (κ1) is 19.9. The van der Waals surface area contributed by atoms with Crippen molar-refractivity contribution < 1.29 is 32.2 Å². The van der Waals surface area contributed by atoms with Gasteiger partial charge in [-0.15, -0.1) is 13.2 Å². The molecule has 2 amide bonds. The highest BCUT2D eigenvalue weighted by Crippen LogP contribution is 2.24. The number of carbonyl (C=O) groups is 2. The number of hydrogen-bond acceptors (Lipinski definition) is 4. The van der Waals surface area contributed by atoms with Gasteiger partial charge in [0.25, 0.3) is 0 Å². The lowest BCUT2D eigenvalue weighted by atomic mass is 10.1. The van der Waals surface area contributed by atoms with Crippen LogP contribution in [0.2, 0.25) is 0 Å². The molecule has 1 aromatic carbocycles. The molecule has 0 spiro atoms. The highest BCUT2D eigenvalue weighted by atomic mass is 19.4. The average Bonchev–Trinajstić information content (AvgIpc) is 2.55. The highest BCUT2D eigenvalue weighted by molar-refractivity contribution is 5.84. The first-order chi connectivity index (χ1) is 12.1. The van der Waals surface area contributed by atoms with E-state index in [0.29, 0.717) is 25.9 Å². The van der Waals surface area contributed by atoms with E-state index < -0.39 is 12.5 Å². The number of nitrogens with one attached hydrogen (secondary N) is 1. The summed E-state index contributed by atoms with van der Waals surface area (Å²) in [7, 11) is 0. The van der Waals surface area contributed by atoms with E-state index in [1.165, 1.54) is 12.1 Å². The van der Waals surface area contributed by atoms with E-state index in [9.17, 15) is 22.8 Å². The Balaban J connectivity index is 1.78. The lowest BCUT2D eigenvalue weighted by Gasteiger charge is -2.32. The minimum Gasteiger partial charge on any atom is -0.446 e. The molecule has 0 unspecified atom stereocenters. The highest BCUT2D eigenvalue weighted by Gasteiger charge is 2.31. The lowest BCUT2D eigenvalue weighted by Crippen LogP contribution is -2.43. The maximum Gasteiger partial charge on any atom is 0.573 e. The number of hydrogen-bond donors (Lipinski definition) is 1. The van der Waals surface area contributed by atoms with Gasteiger partial charge in [-0.3, -0.25) is 10.1 Å². The van der Waals surface area contributed by atoms with Gasteiger partial charge in [0.1, 0.15) is 11.9 Å². The normalized spacial score (nSPS) is 15.7. The third-order valence-corrected chi connectivity index (χ3v) is 3.86. The maximum absolute atomic E-state index is 12.1. The van der Waals surface area contributed by atoms with Crippen molar-refractivity contribution in [3.63, 3.8) is 0 Å². The lowest BCUT2D eigenvalue weighted by molar-refractivity contribution is -0.274. The predicted octanol–water partition coefficient (Wildman–Crippen LogP) is 3.78. The predicted molar refractivity (Wildman–Crippen MR) is 87.7 cm³/mol. The SMILES string of the molecule is CC(C)C(=O)N1CCC(OC(=O)Nc2ccc(OC(F)(F)F)cc2)CC1. The first-order valence-electron chi connectivity index (χ1n) is 8.26. The molecule has 1 aromatic rings. The molecule has 1 aliphatic heterocycles. The Hall–Kier alpha value is -2.45. The van der Waals surface area contributed by atoms with E-state index in [4.69, 9.17) is 4.74 Å². The Morgan fingerprint density at radius 1 is 1.15 bits per heavy atom. The van der Waals surface area contributed by atoms with Gasteiger partial charge < -0.3 is 14.4 Å². The van der Waals surface area contributed by atoms with E-state index in [1.54, 1.807) is 4.90 Å². The van der Waals surface area contributed by atoms with Crippen molar-refractivity contribution in [3.05, 3.63) is 24.3 Å². The van der Waals surface area contributed by atoms with Gasteiger partial charge >= 0.3 is 12.5 Å². The maximum atomic E-state index is 12.1. The number of benzene rings is 1. The molecule has 0 bridgehead atoms. The van der Waals surface area contributed by atoms with Crippen LogP contribution in [0.4, 0.5) is 23.7 Å². The third-order valence-electron chi connectivity index (χ3n) is 3.86. The second kappa shape index (κ2) is 8.29. The van der Waals surface area contributed by atoms with Crippen LogP contribution in [0, 0.1) is 5.92 Å². The van der Waals surface area contributed by atoms with Crippen LogP contribution in [-0.4, -0.2) is 42.5 Å². The summed E-state index contributed by atoms with van der Waals surface area (Å²) in [4.78, 5) is 25.6. The summed E-state index contributed by atoms with van der Waals surface area (Å²) in [6.45, 7) is 4.73. The second-order valence-corrected chi connectivity index (χ2v) is 6.28. The fourth-order valence-corrected chi connectivity index (χ4v) is 2.60. The molecule has 0 atom stereocenters. The van der Waals surface area contributed by atoms with Crippen molar-refractivity contribution in [3.8, 4) is 5.75 Å². The summed E-state index contributed by atoms with van der Waals surface area (Å²) >= 11 is 0. The molecular formula is C17H21F3N2O4. The molecule has 1 saturated heterocycles. The quantitative estimate of drug-likeness (QED) is 0.871. The van der Waals surface area contributed by atoms with Crippen LogP contribution < -0.4 is 10.1 Å². The van der Waals surface area contributed by atoms with Crippen LogP contribution >= 0.6 is 0 Å². The Bertz CT molecular complexity index is 624. The molecular weight excluding hydrogens is 353 g/mol. The van der Waals surface area contributed by atoms with Crippen molar-refractivity contribution in [2.45, 2.75) is 39.2 Å². The molecule has 2 rings (SSSR count). The topological polar surface area (TPSA) is 67.9 Å². The fourth-order valence-electron chi connectivity index (χ4n) is 2.60. The van der Waals surface area contributed by atoms with E-state index in [1.807, 2.05) is 13.8 Å². The Morgan fingerprint density at radius 3 is 2.23 bits per heavy atom. The van der Waals surface area contributed by atoms with Crippen LogP contribution in [0.5, 0.6) is 5.75 Å². The monoisotopic (exact) mass is 374 g/mol. The largest absolute Gasteiger partial charge is 0.573 e. The number of amides is 2. The summed E-state index contributed by atoms with van der Waals surface area (Å²) in [6, 6.07) is 4.76.